The number of fused-ring (bicyclic) bond motifs is 8. The lowest BCUT2D eigenvalue weighted by Gasteiger charge is -2.30. The van der Waals surface area contributed by atoms with Gasteiger partial charge in [-0.25, -0.2) is 0 Å². The van der Waals surface area contributed by atoms with Crippen LogP contribution in [-0.2, 0) is 22.7 Å². The number of allylic oxidation sites excluding steroid dienone is 10. The predicted octanol–water partition coefficient (Wildman–Crippen LogP) is 17.8. The second-order valence-corrected chi connectivity index (χ2v) is 20.5. The molecule has 4 aliphatic rings. The van der Waals surface area contributed by atoms with Gasteiger partial charge in [0.15, 0.2) is 0 Å². The maximum Gasteiger partial charge on any atom is 0.0543 e. The highest BCUT2D eigenvalue weighted by Crippen LogP contribution is 2.60. The molecule has 0 bridgehead atoms. The van der Waals surface area contributed by atoms with Gasteiger partial charge in [0.25, 0.3) is 0 Å². The second-order valence-electron chi connectivity index (χ2n) is 20.5. The zero-order chi connectivity index (χ0) is 46.6. The molecule has 0 heterocycles. The van der Waals surface area contributed by atoms with E-state index < -0.39 is 0 Å². The average molecular weight is 866 g/mol. The van der Waals surface area contributed by atoms with E-state index in [1.807, 2.05) is 0 Å². The third kappa shape index (κ3) is 6.28. The molecule has 4 aliphatic carbocycles. The van der Waals surface area contributed by atoms with Crippen LogP contribution in [0.4, 0.5) is 17.1 Å². The van der Waals surface area contributed by atoms with Crippen molar-refractivity contribution in [3.05, 3.63) is 250 Å². The summed E-state index contributed by atoms with van der Waals surface area (Å²) < 4.78 is 0. The Morgan fingerprint density at radius 3 is 1.93 bits per heavy atom. The molecule has 0 aliphatic heterocycles. The smallest absolute Gasteiger partial charge is 0.0543 e. The molecule has 11 rings (SSSR count). The first-order valence-electron chi connectivity index (χ1n) is 24.0. The molecule has 328 valence electrons. The molecule has 1 nitrogen and oxygen atoms in total. The first-order valence-corrected chi connectivity index (χ1v) is 24.0. The van der Waals surface area contributed by atoms with Gasteiger partial charge in [0, 0.05) is 33.2 Å². The Morgan fingerprint density at radius 1 is 0.537 bits per heavy atom. The Morgan fingerprint density at radius 2 is 1.19 bits per heavy atom. The van der Waals surface area contributed by atoms with E-state index in [0.717, 1.165) is 23.4 Å². The van der Waals surface area contributed by atoms with Crippen molar-refractivity contribution < 1.29 is 0 Å². The van der Waals surface area contributed by atoms with Crippen LogP contribution in [0.15, 0.2) is 200 Å². The molecule has 0 saturated heterocycles. The molecule has 0 saturated carbocycles. The minimum Gasteiger partial charge on any atom is -0.310 e. The molecular weight excluding hydrogens is 807 g/mol. The molecule has 0 radical (unpaired) electrons. The van der Waals surface area contributed by atoms with Gasteiger partial charge in [0.2, 0.25) is 0 Å². The third-order valence-corrected chi connectivity index (χ3v) is 15.7. The van der Waals surface area contributed by atoms with Crippen LogP contribution in [0.1, 0.15) is 105 Å². The zero-order valence-electron chi connectivity index (χ0n) is 40.3. The quantitative estimate of drug-likeness (QED) is 0.147. The molecule has 0 aromatic heterocycles. The van der Waals surface area contributed by atoms with Crippen molar-refractivity contribution in [3.63, 3.8) is 0 Å². The van der Waals surface area contributed by atoms with E-state index in [2.05, 4.69) is 249 Å². The Labute approximate surface area is 398 Å². The van der Waals surface area contributed by atoms with Crippen LogP contribution in [0.25, 0.3) is 50.1 Å². The number of nitrogens with zero attached hydrogens (tertiary/aromatic N) is 1. The number of hydrogen-bond acceptors (Lipinski definition) is 1. The summed E-state index contributed by atoms with van der Waals surface area (Å²) in [4.78, 5) is 2.51. The summed E-state index contributed by atoms with van der Waals surface area (Å²) in [6, 6.07) is 55.0. The Kier molecular flexibility index (Phi) is 9.77. The van der Waals surface area contributed by atoms with Gasteiger partial charge in [-0.1, -0.05) is 188 Å². The molecule has 7 aromatic carbocycles. The summed E-state index contributed by atoms with van der Waals surface area (Å²) >= 11 is 0. The Hall–Kier alpha value is -7.22. The fourth-order valence-electron chi connectivity index (χ4n) is 12.2. The van der Waals surface area contributed by atoms with E-state index in [-0.39, 0.29) is 16.2 Å². The lowest BCUT2D eigenvalue weighted by molar-refractivity contribution is 0.639. The molecule has 1 heteroatoms. The molecular formula is C66H59N. The van der Waals surface area contributed by atoms with Crippen molar-refractivity contribution >= 4 is 33.8 Å². The van der Waals surface area contributed by atoms with Gasteiger partial charge in [-0.3, -0.25) is 0 Å². The van der Waals surface area contributed by atoms with E-state index in [0.29, 0.717) is 0 Å². The highest BCUT2D eigenvalue weighted by Gasteiger charge is 2.44. The minimum atomic E-state index is -0.222. The summed E-state index contributed by atoms with van der Waals surface area (Å²) in [6.45, 7) is 27.5. The zero-order valence-corrected chi connectivity index (χ0v) is 40.3. The van der Waals surface area contributed by atoms with E-state index in [1.54, 1.807) is 0 Å². The van der Waals surface area contributed by atoms with Crippen LogP contribution < -0.4 is 4.90 Å². The molecule has 0 spiro atoms. The summed E-state index contributed by atoms with van der Waals surface area (Å²) in [5, 5.41) is 0. The fourth-order valence-corrected chi connectivity index (χ4v) is 12.2. The lowest BCUT2D eigenvalue weighted by atomic mass is 9.77. The predicted molar refractivity (Wildman–Crippen MR) is 288 cm³/mol. The number of anilines is 3. The largest absolute Gasteiger partial charge is 0.310 e. The Balaban J connectivity index is 1.08. The van der Waals surface area contributed by atoms with Gasteiger partial charge in [-0.15, -0.1) is 0 Å². The van der Waals surface area contributed by atoms with Crippen LogP contribution in [0.2, 0.25) is 0 Å². The van der Waals surface area contributed by atoms with E-state index >= 15 is 0 Å². The molecule has 7 aromatic rings. The third-order valence-electron chi connectivity index (χ3n) is 15.7. The highest BCUT2D eigenvalue weighted by atomic mass is 15.1. The van der Waals surface area contributed by atoms with Gasteiger partial charge < -0.3 is 4.90 Å². The first-order chi connectivity index (χ1) is 32.3. The van der Waals surface area contributed by atoms with Crippen molar-refractivity contribution in [2.24, 2.45) is 0 Å². The monoisotopic (exact) mass is 865 g/mol. The van der Waals surface area contributed by atoms with Crippen molar-refractivity contribution in [2.75, 3.05) is 4.90 Å². The summed E-state index contributed by atoms with van der Waals surface area (Å²) in [5.74, 6) is 0. The van der Waals surface area contributed by atoms with Crippen molar-refractivity contribution in [1.82, 2.24) is 0 Å². The average Bonchev–Trinajstić information content (AvgIpc) is 3.94. The molecule has 0 N–H and O–H groups in total. The maximum atomic E-state index is 4.62. The minimum absolute atomic E-state index is 0.196. The van der Waals surface area contributed by atoms with Crippen molar-refractivity contribution in [3.8, 4) is 33.4 Å². The van der Waals surface area contributed by atoms with Crippen LogP contribution in [0, 0.1) is 0 Å². The highest BCUT2D eigenvalue weighted by molar-refractivity contribution is 6.00. The molecule has 0 unspecified atom stereocenters. The van der Waals surface area contributed by atoms with Crippen LogP contribution >= 0.6 is 0 Å². The first kappa shape index (κ1) is 42.4. The number of hydrogen-bond donors (Lipinski definition) is 0. The second kappa shape index (κ2) is 15.4. The van der Waals surface area contributed by atoms with Crippen LogP contribution in [-0.4, -0.2) is 0 Å². The summed E-state index contributed by atoms with van der Waals surface area (Å²) in [5.41, 5.74) is 28.8. The van der Waals surface area contributed by atoms with Crippen molar-refractivity contribution in [1.29, 1.82) is 0 Å². The van der Waals surface area contributed by atoms with Crippen LogP contribution in [0.3, 0.4) is 0 Å². The maximum absolute atomic E-state index is 4.62. The molecule has 0 atom stereocenters. The van der Waals surface area contributed by atoms with E-state index in [9.17, 15) is 0 Å². The lowest BCUT2D eigenvalue weighted by Crippen LogP contribution is -2.19. The van der Waals surface area contributed by atoms with E-state index in [4.69, 9.17) is 0 Å². The normalized spacial score (nSPS) is 17.3. The Bertz CT molecular complexity index is 3370. The van der Waals surface area contributed by atoms with Gasteiger partial charge >= 0.3 is 0 Å². The summed E-state index contributed by atoms with van der Waals surface area (Å²) in [7, 11) is 0. The molecule has 0 amide bonds. The SMILES string of the molecule is C=CC1=C(/C=C\C)c2ccc(N(c3ccc(-c4ccccc4)cc3)c3cccc4c3-c3cc5c(cc3C4(C)C)C(C)(C)c3cc(C(/C=C\C)=C4\Cc6ccccc6C4=C)ccc3-5)cc2C1(C)C. The van der Waals surface area contributed by atoms with E-state index in [1.165, 1.54) is 111 Å². The van der Waals surface area contributed by atoms with Crippen LogP contribution in [0.5, 0.6) is 0 Å². The van der Waals surface area contributed by atoms with Crippen molar-refractivity contribution in [2.45, 2.75) is 78.1 Å². The summed E-state index contributed by atoms with van der Waals surface area (Å²) in [6.07, 6.45) is 11.8. The fraction of sp³-hybridized carbons (Fsp3) is 0.182. The van der Waals surface area contributed by atoms with Gasteiger partial charge in [-0.2, -0.15) is 0 Å². The topological polar surface area (TPSA) is 3.24 Å². The standard InChI is InChI=1S/C66H59N/c1-11-20-49(53-36-44-24-17-18-25-48(44)41(53)4)45-30-34-52-54-39-55-61(40-60(54)66(9,10)58(52)37-45)65(7,8)57-26-19-27-62(63(55)57)67(46-31-28-43(29-32-46)42-22-15-14-16-23-42)47-33-35-51-50(21-12-2)56(13-3)64(5,6)59(51)38-47/h11-35,37-40H,3-4,36H2,1-2,5-10H3/b20-11-,21-12-,53-49+. The number of benzene rings is 7. The van der Waals surface area contributed by atoms with Gasteiger partial charge in [0.1, 0.15) is 0 Å². The molecule has 0 fully saturated rings. The van der Waals surface area contributed by atoms with Gasteiger partial charge in [0.05, 0.1) is 5.69 Å². The molecule has 67 heavy (non-hydrogen) atoms. The number of rotatable bonds is 8. The van der Waals surface area contributed by atoms with Gasteiger partial charge in [-0.05, 0) is 168 Å².